The van der Waals surface area contributed by atoms with E-state index in [0.717, 1.165) is 36.2 Å². The summed E-state index contributed by atoms with van der Waals surface area (Å²) in [6, 6.07) is 23.3. The van der Waals surface area contributed by atoms with Gasteiger partial charge in [-0.2, -0.15) is 0 Å². The van der Waals surface area contributed by atoms with E-state index in [2.05, 4.69) is 10.2 Å². The van der Waals surface area contributed by atoms with Gasteiger partial charge in [-0.05, 0) is 71.5 Å². The number of amides is 2. The van der Waals surface area contributed by atoms with E-state index in [-0.39, 0.29) is 24.0 Å². The van der Waals surface area contributed by atoms with Gasteiger partial charge < -0.3 is 16.0 Å². The molecule has 1 heterocycles. The number of hydrogen-bond donors (Lipinski definition) is 2. The Morgan fingerprint density at radius 3 is 2.52 bits per heavy atom. The molecule has 202 valence electrons. The number of nitro benzene ring substituents is 1. The van der Waals surface area contributed by atoms with E-state index in [1.807, 2.05) is 18.2 Å². The molecule has 0 spiro atoms. The van der Waals surface area contributed by atoms with Crippen molar-refractivity contribution in [2.75, 3.05) is 11.4 Å². The molecule has 4 aromatic carbocycles. The second-order valence-corrected chi connectivity index (χ2v) is 9.69. The van der Waals surface area contributed by atoms with Crippen LogP contribution in [0.1, 0.15) is 43.8 Å². The van der Waals surface area contributed by atoms with E-state index >= 15 is 0 Å². The number of non-ortho nitro benzene ring substituents is 1. The summed E-state index contributed by atoms with van der Waals surface area (Å²) in [5.41, 5.74) is 11.0. The minimum Gasteiger partial charge on any atom is -0.367 e. The number of carbonyl (C=O) groups excluding carboxylic acids is 2. The fourth-order valence-corrected chi connectivity index (χ4v) is 5.02. The Balaban J connectivity index is 1.32. The number of primary amides is 1. The number of nitro groups is 1. The highest BCUT2D eigenvalue weighted by Crippen LogP contribution is 2.32. The van der Waals surface area contributed by atoms with Gasteiger partial charge in [-0.3, -0.25) is 19.7 Å². The molecule has 3 N–H and O–H groups in total. The van der Waals surface area contributed by atoms with E-state index in [1.165, 1.54) is 18.2 Å². The van der Waals surface area contributed by atoms with Gasteiger partial charge in [-0.25, -0.2) is 4.39 Å². The summed E-state index contributed by atoms with van der Waals surface area (Å²) in [6.07, 6.45) is 1.65. The molecule has 5 rings (SSSR count). The van der Waals surface area contributed by atoms with Gasteiger partial charge >= 0.3 is 0 Å². The van der Waals surface area contributed by atoms with Gasteiger partial charge in [-0.1, -0.05) is 36.4 Å². The zero-order valence-electron chi connectivity index (χ0n) is 21.6. The number of nitrogens with one attached hydrogen (secondary N) is 1. The summed E-state index contributed by atoms with van der Waals surface area (Å²) in [5, 5.41) is 13.7. The molecule has 8 nitrogen and oxygen atoms in total. The average Bonchev–Trinajstić information content (AvgIpc) is 2.97. The zero-order valence-corrected chi connectivity index (χ0v) is 21.6. The molecule has 0 bridgehead atoms. The number of halogens is 1. The average molecular weight is 539 g/mol. The van der Waals surface area contributed by atoms with Crippen LogP contribution in [0, 0.1) is 15.9 Å². The molecule has 2 amide bonds. The first-order valence-electron chi connectivity index (χ1n) is 12.9. The highest BCUT2D eigenvalue weighted by molar-refractivity contribution is 5.99. The maximum absolute atomic E-state index is 14.9. The lowest BCUT2D eigenvalue weighted by Crippen LogP contribution is -2.30. The standard InChI is InChI=1S/C31H27FN4O4/c32-28-13-9-21(26-5-1-2-6-27(26)30(33)37)16-24(28)19-35-15-3-4-22-17-23(10-14-29(22)35)31(38)34-18-20-7-11-25(12-8-20)36(39)40/h1-2,5-14,16-17H,3-4,15,18-19H2,(H2,33,37)(H,34,38). The van der Waals surface area contributed by atoms with Gasteiger partial charge in [0.2, 0.25) is 5.91 Å². The molecule has 1 aliphatic heterocycles. The van der Waals surface area contributed by atoms with Crippen LogP contribution >= 0.6 is 0 Å². The van der Waals surface area contributed by atoms with Crippen molar-refractivity contribution in [3.05, 3.63) is 129 Å². The number of hydrogen-bond acceptors (Lipinski definition) is 5. The molecule has 9 heteroatoms. The largest absolute Gasteiger partial charge is 0.367 e. The van der Waals surface area contributed by atoms with Gasteiger partial charge in [0.1, 0.15) is 5.82 Å². The summed E-state index contributed by atoms with van der Waals surface area (Å²) in [7, 11) is 0. The molecule has 0 saturated carbocycles. The Morgan fingerprint density at radius 2 is 1.77 bits per heavy atom. The van der Waals surface area contributed by atoms with Gasteiger partial charge in [0.25, 0.3) is 11.6 Å². The fourth-order valence-electron chi connectivity index (χ4n) is 5.02. The Kier molecular flexibility index (Phi) is 7.54. The van der Waals surface area contributed by atoms with Crippen LogP contribution in [0.3, 0.4) is 0 Å². The fraction of sp³-hybridized carbons (Fsp3) is 0.161. The van der Waals surface area contributed by atoms with E-state index in [4.69, 9.17) is 5.73 Å². The number of carbonyl (C=O) groups is 2. The topological polar surface area (TPSA) is 119 Å². The molecule has 0 unspecified atom stereocenters. The van der Waals surface area contributed by atoms with E-state index in [1.54, 1.807) is 48.5 Å². The molecule has 0 aromatic heterocycles. The second kappa shape index (κ2) is 11.4. The maximum atomic E-state index is 14.9. The molecular weight excluding hydrogens is 511 g/mol. The smallest absolute Gasteiger partial charge is 0.269 e. The maximum Gasteiger partial charge on any atom is 0.269 e. The van der Waals surface area contributed by atoms with E-state index in [9.17, 15) is 24.1 Å². The Bertz CT molecular complexity index is 1600. The SMILES string of the molecule is NC(=O)c1ccccc1-c1ccc(F)c(CN2CCCc3cc(C(=O)NCc4ccc([N+](=O)[O-])cc4)ccc32)c1. The van der Waals surface area contributed by atoms with Gasteiger partial charge in [-0.15, -0.1) is 0 Å². The van der Waals surface area contributed by atoms with Crippen molar-refractivity contribution < 1.29 is 18.9 Å². The number of aryl methyl sites for hydroxylation is 1. The number of nitrogens with zero attached hydrogens (tertiary/aromatic N) is 2. The first kappa shape index (κ1) is 26.6. The Morgan fingerprint density at radius 1 is 1.00 bits per heavy atom. The number of anilines is 1. The molecule has 0 saturated heterocycles. The molecule has 4 aromatic rings. The number of nitrogens with two attached hydrogens (primary N) is 1. The summed E-state index contributed by atoms with van der Waals surface area (Å²) in [6.45, 7) is 1.31. The zero-order chi connectivity index (χ0) is 28.2. The van der Waals surface area contributed by atoms with Gasteiger partial charge in [0, 0.05) is 54.1 Å². The summed E-state index contributed by atoms with van der Waals surface area (Å²) in [5.74, 6) is -1.13. The predicted molar refractivity (Wildman–Crippen MR) is 150 cm³/mol. The summed E-state index contributed by atoms with van der Waals surface area (Å²) < 4.78 is 14.9. The quantitative estimate of drug-likeness (QED) is 0.231. The number of fused-ring (bicyclic) bond motifs is 1. The lowest BCUT2D eigenvalue weighted by molar-refractivity contribution is -0.384. The molecule has 40 heavy (non-hydrogen) atoms. The normalized spacial score (nSPS) is 12.5. The minimum absolute atomic E-state index is 0.00333. The van der Waals surface area contributed by atoms with Crippen molar-refractivity contribution in [3.63, 3.8) is 0 Å². The predicted octanol–water partition coefficient (Wildman–Crippen LogP) is 5.38. The highest BCUT2D eigenvalue weighted by atomic mass is 19.1. The third-order valence-electron chi connectivity index (χ3n) is 7.07. The van der Waals surface area contributed by atoms with Crippen LogP contribution in [0.2, 0.25) is 0 Å². The van der Waals surface area contributed by atoms with Gasteiger partial charge in [0.05, 0.1) is 4.92 Å². The summed E-state index contributed by atoms with van der Waals surface area (Å²) in [4.78, 5) is 37.2. The Hall–Kier alpha value is -5.05. The van der Waals surface area contributed by atoms with Crippen molar-refractivity contribution in [1.29, 1.82) is 0 Å². The van der Waals surface area contributed by atoms with Crippen LogP contribution in [0.5, 0.6) is 0 Å². The van der Waals surface area contributed by atoms with Crippen LogP contribution in [0.4, 0.5) is 15.8 Å². The molecule has 0 fully saturated rings. The van der Waals surface area contributed by atoms with Crippen LogP contribution in [0.15, 0.2) is 84.9 Å². The molecule has 1 aliphatic rings. The first-order valence-corrected chi connectivity index (χ1v) is 12.9. The van der Waals surface area contributed by atoms with E-state index in [0.29, 0.717) is 34.4 Å². The lowest BCUT2D eigenvalue weighted by Gasteiger charge is -2.32. The van der Waals surface area contributed by atoms with Crippen LogP contribution in [-0.4, -0.2) is 23.3 Å². The molecule has 0 radical (unpaired) electrons. The van der Waals surface area contributed by atoms with Crippen LogP contribution in [0.25, 0.3) is 11.1 Å². The Labute approximate surface area is 230 Å². The second-order valence-electron chi connectivity index (χ2n) is 9.69. The number of benzene rings is 4. The first-order chi connectivity index (χ1) is 19.3. The van der Waals surface area contributed by atoms with Crippen LogP contribution in [-0.2, 0) is 19.5 Å². The van der Waals surface area contributed by atoms with Crippen molar-refractivity contribution in [1.82, 2.24) is 5.32 Å². The third-order valence-corrected chi connectivity index (χ3v) is 7.07. The van der Waals surface area contributed by atoms with Gasteiger partial charge in [0.15, 0.2) is 0 Å². The van der Waals surface area contributed by atoms with Crippen molar-refractivity contribution in [2.45, 2.75) is 25.9 Å². The number of rotatable bonds is 8. The van der Waals surface area contributed by atoms with Crippen LogP contribution < -0.4 is 16.0 Å². The molecule has 0 aliphatic carbocycles. The monoisotopic (exact) mass is 538 g/mol. The lowest BCUT2D eigenvalue weighted by atomic mass is 9.96. The highest BCUT2D eigenvalue weighted by Gasteiger charge is 2.21. The van der Waals surface area contributed by atoms with Crippen molar-refractivity contribution in [3.8, 4) is 11.1 Å². The van der Waals surface area contributed by atoms with Crippen molar-refractivity contribution in [2.24, 2.45) is 5.73 Å². The van der Waals surface area contributed by atoms with Crippen molar-refractivity contribution >= 4 is 23.2 Å². The van der Waals surface area contributed by atoms with E-state index < -0.39 is 10.8 Å². The third kappa shape index (κ3) is 5.68. The minimum atomic E-state index is -0.543. The molecular formula is C31H27FN4O4. The molecule has 0 atom stereocenters. The summed E-state index contributed by atoms with van der Waals surface area (Å²) >= 11 is 0.